The van der Waals surface area contributed by atoms with Crippen molar-refractivity contribution in [3.8, 4) is 0 Å². The second-order valence-electron chi connectivity index (χ2n) is 4.60. The van der Waals surface area contributed by atoms with Gasteiger partial charge in [0.1, 0.15) is 0 Å². The molecule has 1 aromatic rings. The molecular formula is C13H25N3S. The Morgan fingerprint density at radius 3 is 2.71 bits per heavy atom. The van der Waals surface area contributed by atoms with E-state index in [0.29, 0.717) is 12.1 Å². The fraction of sp³-hybridized carbons (Fsp3) is 0.769. The molecule has 0 radical (unpaired) electrons. The summed E-state index contributed by atoms with van der Waals surface area (Å²) in [7, 11) is 2.13. The molecule has 1 N–H and O–H groups in total. The summed E-state index contributed by atoms with van der Waals surface area (Å²) in [5, 5.41) is 6.76. The fourth-order valence-corrected chi connectivity index (χ4v) is 2.55. The predicted octanol–water partition coefficient (Wildman–Crippen LogP) is 3.44. The SMILES string of the molecule is CCCNC(C)c1csc(N(C)C(C)CC)n1. The number of thiazole rings is 1. The van der Waals surface area contributed by atoms with E-state index in [9.17, 15) is 0 Å². The summed E-state index contributed by atoms with van der Waals surface area (Å²) in [6, 6.07) is 0.901. The second kappa shape index (κ2) is 6.97. The lowest BCUT2D eigenvalue weighted by molar-refractivity contribution is 0.560. The van der Waals surface area contributed by atoms with Crippen LogP contribution in [0.1, 0.15) is 52.3 Å². The normalized spacial score (nSPS) is 14.6. The van der Waals surface area contributed by atoms with Crippen LogP contribution >= 0.6 is 11.3 Å². The highest BCUT2D eigenvalue weighted by Crippen LogP contribution is 2.25. The van der Waals surface area contributed by atoms with Crippen LogP contribution in [-0.2, 0) is 0 Å². The van der Waals surface area contributed by atoms with Gasteiger partial charge in [-0.2, -0.15) is 0 Å². The fourth-order valence-electron chi connectivity index (χ4n) is 1.56. The summed E-state index contributed by atoms with van der Waals surface area (Å²) in [6.45, 7) is 9.86. The van der Waals surface area contributed by atoms with Crippen molar-refractivity contribution in [2.75, 3.05) is 18.5 Å². The molecule has 1 heterocycles. The van der Waals surface area contributed by atoms with Gasteiger partial charge in [0.25, 0.3) is 0 Å². The predicted molar refractivity (Wildman–Crippen MR) is 77.0 cm³/mol. The van der Waals surface area contributed by atoms with Crippen LogP contribution in [0.4, 0.5) is 5.13 Å². The number of hydrogen-bond acceptors (Lipinski definition) is 4. The van der Waals surface area contributed by atoms with Gasteiger partial charge in [0.2, 0.25) is 0 Å². The minimum Gasteiger partial charge on any atom is -0.348 e. The van der Waals surface area contributed by atoms with Crippen molar-refractivity contribution in [3.05, 3.63) is 11.1 Å². The zero-order valence-corrected chi connectivity index (χ0v) is 12.5. The van der Waals surface area contributed by atoms with Crippen molar-refractivity contribution in [3.63, 3.8) is 0 Å². The van der Waals surface area contributed by atoms with E-state index in [1.54, 1.807) is 11.3 Å². The summed E-state index contributed by atoms with van der Waals surface area (Å²) < 4.78 is 0. The first-order chi connectivity index (χ1) is 8.10. The van der Waals surface area contributed by atoms with E-state index < -0.39 is 0 Å². The number of rotatable bonds is 7. The van der Waals surface area contributed by atoms with Crippen LogP contribution in [0.15, 0.2) is 5.38 Å². The molecule has 0 bridgehead atoms. The average Bonchev–Trinajstić information content (AvgIpc) is 2.83. The zero-order chi connectivity index (χ0) is 12.8. The second-order valence-corrected chi connectivity index (χ2v) is 5.44. The maximum atomic E-state index is 4.71. The molecule has 17 heavy (non-hydrogen) atoms. The molecule has 0 fully saturated rings. The Bertz CT molecular complexity index is 324. The molecule has 1 aromatic heterocycles. The van der Waals surface area contributed by atoms with Gasteiger partial charge < -0.3 is 10.2 Å². The molecule has 0 saturated carbocycles. The van der Waals surface area contributed by atoms with E-state index in [2.05, 4.69) is 50.3 Å². The Labute approximate surface area is 109 Å². The Morgan fingerprint density at radius 1 is 1.41 bits per heavy atom. The third-order valence-corrected chi connectivity index (χ3v) is 4.16. The maximum Gasteiger partial charge on any atom is 0.185 e. The Kier molecular flexibility index (Phi) is 5.92. The van der Waals surface area contributed by atoms with Crippen molar-refractivity contribution in [2.24, 2.45) is 0 Å². The standard InChI is InChI=1S/C13H25N3S/c1-6-8-14-11(4)12-9-17-13(15-12)16(5)10(3)7-2/h9-11,14H,6-8H2,1-5H3. The quantitative estimate of drug-likeness (QED) is 0.809. The number of nitrogens with zero attached hydrogens (tertiary/aromatic N) is 2. The van der Waals surface area contributed by atoms with Gasteiger partial charge in [-0.3, -0.25) is 0 Å². The van der Waals surface area contributed by atoms with Crippen LogP contribution in [0.25, 0.3) is 0 Å². The summed E-state index contributed by atoms with van der Waals surface area (Å²) in [4.78, 5) is 6.98. The average molecular weight is 255 g/mol. The van der Waals surface area contributed by atoms with E-state index in [-0.39, 0.29) is 0 Å². The Morgan fingerprint density at radius 2 is 2.12 bits per heavy atom. The highest BCUT2D eigenvalue weighted by atomic mass is 32.1. The van der Waals surface area contributed by atoms with E-state index in [1.807, 2.05) is 0 Å². The monoisotopic (exact) mass is 255 g/mol. The van der Waals surface area contributed by atoms with Gasteiger partial charge in [0.05, 0.1) is 5.69 Å². The summed E-state index contributed by atoms with van der Waals surface area (Å²) in [5.41, 5.74) is 1.16. The highest BCUT2D eigenvalue weighted by Gasteiger charge is 2.14. The molecule has 98 valence electrons. The molecule has 0 aliphatic heterocycles. The number of anilines is 1. The largest absolute Gasteiger partial charge is 0.348 e. The first kappa shape index (κ1) is 14.5. The molecule has 2 atom stereocenters. The van der Waals surface area contributed by atoms with Crippen molar-refractivity contribution >= 4 is 16.5 Å². The summed E-state index contributed by atoms with van der Waals surface area (Å²) in [6.07, 6.45) is 2.31. The van der Waals surface area contributed by atoms with Crippen LogP contribution in [-0.4, -0.2) is 24.6 Å². The van der Waals surface area contributed by atoms with Gasteiger partial charge in [0, 0.05) is 24.5 Å². The molecule has 0 aliphatic carbocycles. The maximum absolute atomic E-state index is 4.71. The summed E-state index contributed by atoms with van der Waals surface area (Å²) in [5.74, 6) is 0. The van der Waals surface area contributed by atoms with Crippen LogP contribution < -0.4 is 10.2 Å². The summed E-state index contributed by atoms with van der Waals surface area (Å²) >= 11 is 1.74. The molecular weight excluding hydrogens is 230 g/mol. The molecule has 4 heteroatoms. The van der Waals surface area contributed by atoms with Gasteiger partial charge in [-0.1, -0.05) is 13.8 Å². The Hall–Kier alpha value is -0.610. The highest BCUT2D eigenvalue weighted by molar-refractivity contribution is 7.13. The van der Waals surface area contributed by atoms with Crippen molar-refractivity contribution in [2.45, 2.75) is 52.6 Å². The first-order valence-corrected chi connectivity index (χ1v) is 7.39. The number of hydrogen-bond donors (Lipinski definition) is 1. The molecule has 0 amide bonds. The lowest BCUT2D eigenvalue weighted by atomic mass is 10.2. The van der Waals surface area contributed by atoms with Gasteiger partial charge in [-0.15, -0.1) is 11.3 Å². The van der Waals surface area contributed by atoms with E-state index in [1.165, 1.54) is 0 Å². The molecule has 0 saturated heterocycles. The molecule has 3 nitrogen and oxygen atoms in total. The zero-order valence-electron chi connectivity index (χ0n) is 11.7. The van der Waals surface area contributed by atoms with Gasteiger partial charge in [-0.25, -0.2) is 4.98 Å². The molecule has 0 aliphatic rings. The van der Waals surface area contributed by atoms with Crippen LogP contribution in [0.5, 0.6) is 0 Å². The third kappa shape index (κ3) is 3.96. The topological polar surface area (TPSA) is 28.2 Å². The molecule has 0 spiro atoms. The van der Waals surface area contributed by atoms with Gasteiger partial charge in [-0.05, 0) is 33.2 Å². The van der Waals surface area contributed by atoms with E-state index >= 15 is 0 Å². The van der Waals surface area contributed by atoms with Crippen molar-refractivity contribution < 1.29 is 0 Å². The van der Waals surface area contributed by atoms with E-state index in [4.69, 9.17) is 4.98 Å². The molecule has 0 aromatic carbocycles. The molecule has 2 unspecified atom stereocenters. The number of aromatic nitrogens is 1. The third-order valence-electron chi connectivity index (χ3n) is 3.21. The van der Waals surface area contributed by atoms with Gasteiger partial charge >= 0.3 is 0 Å². The van der Waals surface area contributed by atoms with Gasteiger partial charge in [0.15, 0.2) is 5.13 Å². The van der Waals surface area contributed by atoms with Crippen LogP contribution in [0, 0.1) is 0 Å². The van der Waals surface area contributed by atoms with Crippen LogP contribution in [0.3, 0.4) is 0 Å². The number of nitrogens with one attached hydrogen (secondary N) is 1. The minimum atomic E-state index is 0.352. The van der Waals surface area contributed by atoms with Crippen molar-refractivity contribution in [1.82, 2.24) is 10.3 Å². The lowest BCUT2D eigenvalue weighted by Gasteiger charge is -2.22. The lowest BCUT2D eigenvalue weighted by Crippen LogP contribution is -2.28. The minimum absolute atomic E-state index is 0.352. The van der Waals surface area contributed by atoms with E-state index in [0.717, 1.165) is 30.2 Å². The van der Waals surface area contributed by atoms with Crippen molar-refractivity contribution in [1.29, 1.82) is 0 Å². The smallest absolute Gasteiger partial charge is 0.185 e. The molecule has 1 rings (SSSR count). The Balaban J connectivity index is 2.64. The first-order valence-electron chi connectivity index (χ1n) is 6.51. The van der Waals surface area contributed by atoms with Crippen LogP contribution in [0.2, 0.25) is 0 Å².